The maximum atomic E-state index is 9.91. The van der Waals surface area contributed by atoms with Crippen LogP contribution in [-0.2, 0) is 0 Å². The zero-order valence-electron chi connectivity index (χ0n) is 17.8. The fourth-order valence-corrected chi connectivity index (χ4v) is 3.98. The first-order valence-corrected chi connectivity index (χ1v) is 10.7. The van der Waals surface area contributed by atoms with E-state index in [1.54, 1.807) is 6.92 Å². The third kappa shape index (κ3) is 4.22. The molecule has 0 bridgehead atoms. The van der Waals surface area contributed by atoms with Crippen molar-refractivity contribution in [3.05, 3.63) is 103 Å². The predicted molar refractivity (Wildman–Crippen MR) is 132 cm³/mol. The highest BCUT2D eigenvalue weighted by Crippen LogP contribution is 2.33. The molecule has 1 unspecified atom stereocenters. The number of aliphatic hydroxyl groups is 1. The summed E-state index contributed by atoms with van der Waals surface area (Å²) in [5.74, 6) is 0. The fourth-order valence-electron chi connectivity index (χ4n) is 3.98. The molecular weight excluding hydrogens is 394 g/mol. The summed E-state index contributed by atoms with van der Waals surface area (Å²) >= 11 is 0. The minimum Gasteiger partial charge on any atom is -0.374 e. The van der Waals surface area contributed by atoms with Crippen LogP contribution in [0.5, 0.6) is 0 Å². The number of aliphatic hydroxyl groups excluding tert-OH is 1. The first-order valence-electron chi connectivity index (χ1n) is 10.7. The number of rotatable bonds is 6. The van der Waals surface area contributed by atoms with Gasteiger partial charge in [-0.05, 0) is 59.5 Å². The van der Waals surface area contributed by atoms with E-state index in [1.807, 2.05) is 48.8 Å². The molecule has 0 aliphatic rings. The van der Waals surface area contributed by atoms with Crippen LogP contribution in [0.2, 0.25) is 0 Å². The smallest absolute Gasteiger partial charge is 0.121 e. The van der Waals surface area contributed by atoms with Crippen LogP contribution < -0.4 is 5.32 Å². The molecule has 158 valence electrons. The van der Waals surface area contributed by atoms with E-state index >= 15 is 0 Å². The monoisotopic (exact) mass is 419 g/mol. The maximum absolute atomic E-state index is 9.91. The van der Waals surface area contributed by atoms with Crippen LogP contribution in [0.15, 0.2) is 103 Å². The van der Waals surface area contributed by atoms with Gasteiger partial charge in [-0.3, -0.25) is 0 Å². The Labute approximate surface area is 187 Å². The third-order valence-corrected chi connectivity index (χ3v) is 5.51. The molecule has 4 nitrogen and oxygen atoms in total. The van der Waals surface area contributed by atoms with Gasteiger partial charge in [-0.25, -0.2) is 0 Å². The summed E-state index contributed by atoms with van der Waals surface area (Å²) in [5, 5.41) is 13.0. The van der Waals surface area contributed by atoms with E-state index in [0.29, 0.717) is 0 Å². The Morgan fingerprint density at radius 1 is 0.594 bits per heavy atom. The molecule has 3 aromatic carbocycles. The normalized spacial score (nSPS) is 11.9. The number of benzene rings is 3. The van der Waals surface area contributed by atoms with Crippen LogP contribution in [0, 0.1) is 0 Å². The highest BCUT2D eigenvalue weighted by molar-refractivity contribution is 5.80. The van der Waals surface area contributed by atoms with E-state index in [1.165, 1.54) is 11.1 Å². The van der Waals surface area contributed by atoms with Crippen molar-refractivity contribution < 1.29 is 5.11 Å². The van der Waals surface area contributed by atoms with E-state index in [4.69, 9.17) is 0 Å². The SMILES string of the molecule is CC(O)Nc1cc(-c2cc(-c3ccccc3)c[nH]2)cc(-c2cc(-c3ccccc3)c[nH]2)c1. The van der Waals surface area contributed by atoms with Gasteiger partial charge >= 0.3 is 0 Å². The second kappa shape index (κ2) is 8.61. The Bertz CT molecular complexity index is 1220. The summed E-state index contributed by atoms with van der Waals surface area (Å²) < 4.78 is 0. The zero-order valence-corrected chi connectivity index (χ0v) is 17.8. The summed E-state index contributed by atoms with van der Waals surface area (Å²) in [6.07, 6.45) is 3.41. The standard InChI is InChI=1S/C28H25N3O/c1-19(32)31-26-13-22(27-15-24(17-29-27)20-8-4-2-5-9-20)12-23(14-26)28-16-25(18-30-28)21-10-6-3-7-11-21/h2-19,29-32H,1H3. The van der Waals surface area contributed by atoms with Crippen LogP contribution in [0.1, 0.15) is 6.92 Å². The maximum Gasteiger partial charge on any atom is 0.121 e. The summed E-state index contributed by atoms with van der Waals surface area (Å²) in [5.41, 5.74) is 9.62. The van der Waals surface area contributed by atoms with Crippen molar-refractivity contribution in [2.45, 2.75) is 13.2 Å². The van der Waals surface area contributed by atoms with Gasteiger partial charge in [-0.2, -0.15) is 0 Å². The first-order chi connectivity index (χ1) is 15.7. The van der Waals surface area contributed by atoms with Crippen LogP contribution >= 0.6 is 0 Å². The third-order valence-electron chi connectivity index (χ3n) is 5.51. The molecule has 4 heteroatoms. The van der Waals surface area contributed by atoms with Gasteiger partial charge in [0.05, 0.1) is 0 Å². The second-order valence-corrected chi connectivity index (χ2v) is 7.96. The van der Waals surface area contributed by atoms with Crippen molar-refractivity contribution in [1.29, 1.82) is 0 Å². The minimum atomic E-state index is -0.648. The average Bonchev–Trinajstić information content (AvgIpc) is 3.50. The van der Waals surface area contributed by atoms with Gasteiger partial charge in [0, 0.05) is 40.6 Å². The molecule has 2 heterocycles. The Hall–Kier alpha value is -4.02. The molecule has 5 aromatic rings. The number of hydrogen-bond donors (Lipinski definition) is 4. The number of aromatic amines is 2. The van der Waals surface area contributed by atoms with E-state index < -0.39 is 6.23 Å². The van der Waals surface area contributed by atoms with Crippen molar-refractivity contribution in [1.82, 2.24) is 9.97 Å². The van der Waals surface area contributed by atoms with Crippen LogP contribution in [-0.4, -0.2) is 21.3 Å². The van der Waals surface area contributed by atoms with Gasteiger partial charge in [-0.1, -0.05) is 60.7 Å². The highest BCUT2D eigenvalue weighted by atomic mass is 16.3. The van der Waals surface area contributed by atoms with E-state index in [-0.39, 0.29) is 0 Å². The molecule has 0 aliphatic heterocycles. The van der Waals surface area contributed by atoms with Crippen LogP contribution in [0.3, 0.4) is 0 Å². The molecule has 1 atom stereocenters. The van der Waals surface area contributed by atoms with Gasteiger partial charge in [0.15, 0.2) is 0 Å². The topological polar surface area (TPSA) is 63.8 Å². The minimum absolute atomic E-state index is 0.648. The summed E-state index contributed by atoms with van der Waals surface area (Å²) in [6.45, 7) is 1.72. The lowest BCUT2D eigenvalue weighted by molar-refractivity contribution is 0.224. The summed E-state index contributed by atoms with van der Waals surface area (Å²) in [7, 11) is 0. The largest absolute Gasteiger partial charge is 0.374 e. The van der Waals surface area contributed by atoms with Gasteiger partial charge in [0.2, 0.25) is 0 Å². The lowest BCUT2D eigenvalue weighted by Crippen LogP contribution is -2.13. The van der Waals surface area contributed by atoms with Crippen molar-refractivity contribution in [3.63, 3.8) is 0 Å². The molecule has 5 rings (SSSR count). The zero-order chi connectivity index (χ0) is 21.9. The molecule has 0 saturated heterocycles. The molecule has 32 heavy (non-hydrogen) atoms. The van der Waals surface area contributed by atoms with E-state index in [0.717, 1.165) is 39.3 Å². The van der Waals surface area contributed by atoms with Gasteiger partial charge < -0.3 is 20.4 Å². The molecule has 0 aliphatic carbocycles. The van der Waals surface area contributed by atoms with Gasteiger partial charge in [0.25, 0.3) is 0 Å². The molecular formula is C28H25N3O. The second-order valence-electron chi connectivity index (χ2n) is 7.96. The fraction of sp³-hybridized carbons (Fsp3) is 0.0714. The molecule has 0 amide bonds. The van der Waals surface area contributed by atoms with Crippen molar-refractivity contribution >= 4 is 5.69 Å². The van der Waals surface area contributed by atoms with Crippen LogP contribution in [0.25, 0.3) is 44.8 Å². The lowest BCUT2D eigenvalue weighted by Gasteiger charge is -2.13. The number of anilines is 1. The Kier molecular flexibility index (Phi) is 5.36. The van der Waals surface area contributed by atoms with Crippen molar-refractivity contribution in [2.24, 2.45) is 0 Å². The predicted octanol–water partition coefficient (Wildman–Crippen LogP) is 6.76. The van der Waals surface area contributed by atoms with Crippen molar-refractivity contribution in [3.8, 4) is 44.8 Å². The molecule has 0 spiro atoms. The first kappa shape index (κ1) is 19.9. The highest BCUT2D eigenvalue weighted by Gasteiger charge is 2.11. The van der Waals surface area contributed by atoms with Crippen LogP contribution in [0.4, 0.5) is 5.69 Å². The van der Waals surface area contributed by atoms with Crippen molar-refractivity contribution in [2.75, 3.05) is 5.32 Å². The molecule has 4 N–H and O–H groups in total. The molecule has 0 saturated carbocycles. The number of nitrogens with one attached hydrogen (secondary N) is 3. The molecule has 0 fully saturated rings. The van der Waals surface area contributed by atoms with E-state index in [2.05, 4.69) is 69.9 Å². The summed E-state index contributed by atoms with van der Waals surface area (Å²) in [6, 6.07) is 31.2. The average molecular weight is 420 g/mol. The Morgan fingerprint density at radius 3 is 1.50 bits per heavy atom. The number of H-pyrrole nitrogens is 2. The quantitative estimate of drug-likeness (QED) is 0.230. The van der Waals surface area contributed by atoms with E-state index in [9.17, 15) is 5.11 Å². The summed E-state index contributed by atoms with van der Waals surface area (Å²) in [4.78, 5) is 6.82. The number of hydrogen-bond acceptors (Lipinski definition) is 2. The number of aromatic nitrogens is 2. The lowest BCUT2D eigenvalue weighted by atomic mass is 10.0. The molecule has 2 aromatic heterocycles. The Morgan fingerprint density at radius 2 is 1.06 bits per heavy atom. The molecule has 0 radical (unpaired) electrons. The Balaban J connectivity index is 1.54. The van der Waals surface area contributed by atoms with Gasteiger partial charge in [0.1, 0.15) is 6.23 Å². The van der Waals surface area contributed by atoms with Gasteiger partial charge in [-0.15, -0.1) is 0 Å².